The lowest BCUT2D eigenvalue weighted by Gasteiger charge is -1.97. The van der Waals surface area contributed by atoms with Crippen molar-refractivity contribution in [1.29, 1.82) is 10.5 Å². The molecule has 0 N–H and O–H groups in total. The summed E-state index contributed by atoms with van der Waals surface area (Å²) in [5.41, 5.74) is 0. The summed E-state index contributed by atoms with van der Waals surface area (Å²) in [7, 11) is 0. The molecule has 0 aromatic carbocycles. The monoisotopic (exact) mass is 122 g/mol. The molecule has 0 saturated carbocycles. The van der Waals surface area contributed by atoms with Gasteiger partial charge in [-0.25, -0.2) is 0 Å². The zero-order valence-electron chi connectivity index (χ0n) is 5.59. The molecule has 48 valence electrons. The fourth-order valence-corrected chi connectivity index (χ4v) is 0.671. The average molecular weight is 122 g/mol. The molecule has 0 amide bonds. The van der Waals surface area contributed by atoms with Gasteiger partial charge in [0.1, 0.15) is 0 Å². The predicted molar refractivity (Wildman–Crippen MR) is 34.2 cm³/mol. The van der Waals surface area contributed by atoms with Crippen LogP contribution in [0.3, 0.4) is 0 Å². The van der Waals surface area contributed by atoms with Gasteiger partial charge in [0.25, 0.3) is 0 Å². The molecule has 0 spiro atoms. The van der Waals surface area contributed by atoms with Crippen LogP contribution in [0.4, 0.5) is 0 Å². The van der Waals surface area contributed by atoms with Crippen molar-refractivity contribution in [3.8, 4) is 12.1 Å². The van der Waals surface area contributed by atoms with E-state index in [1.54, 1.807) is 0 Å². The van der Waals surface area contributed by atoms with Gasteiger partial charge >= 0.3 is 0 Å². The van der Waals surface area contributed by atoms with Gasteiger partial charge in [-0.2, -0.15) is 10.5 Å². The van der Waals surface area contributed by atoms with Gasteiger partial charge in [0.05, 0.1) is 24.5 Å². The van der Waals surface area contributed by atoms with Crippen LogP contribution in [-0.4, -0.2) is 0 Å². The van der Waals surface area contributed by atoms with E-state index in [-0.39, 0.29) is 5.92 Å². The molecule has 0 unspecified atom stereocenters. The van der Waals surface area contributed by atoms with Gasteiger partial charge in [0.2, 0.25) is 0 Å². The third-order valence-corrected chi connectivity index (χ3v) is 1.16. The first-order valence-corrected chi connectivity index (χ1v) is 3.11. The third-order valence-electron chi connectivity index (χ3n) is 1.16. The van der Waals surface area contributed by atoms with Gasteiger partial charge < -0.3 is 0 Å². The second-order valence-corrected chi connectivity index (χ2v) is 1.98. The minimum Gasteiger partial charge on any atom is -0.198 e. The molecule has 0 radical (unpaired) electrons. The van der Waals surface area contributed by atoms with Crippen LogP contribution in [0, 0.1) is 28.6 Å². The Bertz CT molecular complexity index is 138. The minimum atomic E-state index is -0.0417. The van der Waals surface area contributed by atoms with E-state index in [1.165, 1.54) is 0 Å². The molecule has 0 saturated heterocycles. The lowest BCUT2D eigenvalue weighted by atomic mass is 10.0. The molecular weight excluding hydrogens is 112 g/mol. The van der Waals surface area contributed by atoms with Crippen LogP contribution in [0.1, 0.15) is 26.2 Å². The lowest BCUT2D eigenvalue weighted by Crippen LogP contribution is -1.93. The Hall–Kier alpha value is -1.02. The zero-order valence-corrected chi connectivity index (χ0v) is 5.59. The first-order valence-electron chi connectivity index (χ1n) is 3.11. The number of hydrogen-bond acceptors (Lipinski definition) is 2. The van der Waals surface area contributed by atoms with Crippen LogP contribution < -0.4 is 0 Å². The molecule has 2 nitrogen and oxygen atoms in total. The second kappa shape index (κ2) is 5.12. The van der Waals surface area contributed by atoms with Crippen LogP contribution in [-0.2, 0) is 0 Å². The topological polar surface area (TPSA) is 47.6 Å². The summed E-state index contributed by atoms with van der Waals surface area (Å²) in [5, 5.41) is 16.6. The lowest BCUT2D eigenvalue weighted by molar-refractivity contribution is 0.605. The van der Waals surface area contributed by atoms with Crippen molar-refractivity contribution in [1.82, 2.24) is 0 Å². The maximum atomic E-state index is 8.39. The molecule has 0 aromatic heterocycles. The SMILES string of the molecule is CCC[C@@H](C#N)CC#N. The van der Waals surface area contributed by atoms with Crippen molar-refractivity contribution in [3.05, 3.63) is 0 Å². The Balaban J connectivity index is 3.48. The van der Waals surface area contributed by atoms with Gasteiger partial charge in [0, 0.05) is 0 Å². The number of hydrogen-bond donors (Lipinski definition) is 0. The third kappa shape index (κ3) is 3.55. The van der Waals surface area contributed by atoms with Crippen molar-refractivity contribution in [2.24, 2.45) is 5.92 Å². The Morgan fingerprint density at radius 1 is 1.44 bits per heavy atom. The van der Waals surface area contributed by atoms with Gasteiger partial charge in [0.15, 0.2) is 0 Å². The molecule has 0 heterocycles. The summed E-state index contributed by atoms with van der Waals surface area (Å²) in [6, 6.07) is 4.06. The quantitative estimate of drug-likeness (QED) is 0.573. The Morgan fingerprint density at radius 2 is 2.11 bits per heavy atom. The van der Waals surface area contributed by atoms with E-state index in [9.17, 15) is 0 Å². The molecule has 0 aliphatic rings. The van der Waals surface area contributed by atoms with Gasteiger partial charge in [-0.15, -0.1) is 0 Å². The van der Waals surface area contributed by atoms with E-state index in [1.807, 2.05) is 13.0 Å². The van der Waals surface area contributed by atoms with Crippen molar-refractivity contribution in [2.75, 3.05) is 0 Å². The summed E-state index contributed by atoms with van der Waals surface area (Å²) in [5.74, 6) is -0.0417. The summed E-state index contributed by atoms with van der Waals surface area (Å²) in [6.07, 6.45) is 2.22. The highest BCUT2D eigenvalue weighted by molar-refractivity contribution is 4.89. The maximum Gasteiger partial charge on any atom is 0.0666 e. The van der Waals surface area contributed by atoms with Gasteiger partial charge in [-0.3, -0.25) is 0 Å². The van der Waals surface area contributed by atoms with E-state index in [0.29, 0.717) is 6.42 Å². The largest absolute Gasteiger partial charge is 0.198 e. The highest BCUT2D eigenvalue weighted by atomic mass is 14.3. The molecule has 1 atom stereocenters. The molecule has 0 aliphatic heterocycles. The number of nitrogens with zero attached hydrogens (tertiary/aromatic N) is 2. The molecule has 0 aliphatic carbocycles. The van der Waals surface area contributed by atoms with Crippen molar-refractivity contribution in [3.63, 3.8) is 0 Å². The van der Waals surface area contributed by atoms with E-state index < -0.39 is 0 Å². The summed E-state index contributed by atoms with van der Waals surface area (Å²) in [4.78, 5) is 0. The maximum absolute atomic E-state index is 8.39. The summed E-state index contributed by atoms with van der Waals surface area (Å²) in [6.45, 7) is 2.02. The van der Waals surface area contributed by atoms with E-state index >= 15 is 0 Å². The second-order valence-electron chi connectivity index (χ2n) is 1.98. The first-order chi connectivity index (χ1) is 4.35. The highest BCUT2D eigenvalue weighted by Gasteiger charge is 2.02. The molecule has 0 rings (SSSR count). The highest BCUT2D eigenvalue weighted by Crippen LogP contribution is 2.07. The Morgan fingerprint density at radius 3 is 2.44 bits per heavy atom. The van der Waals surface area contributed by atoms with E-state index in [2.05, 4.69) is 6.07 Å². The van der Waals surface area contributed by atoms with Crippen molar-refractivity contribution < 1.29 is 0 Å². The zero-order chi connectivity index (χ0) is 7.11. The van der Waals surface area contributed by atoms with Crippen LogP contribution in [0.5, 0.6) is 0 Å². The molecular formula is C7H10N2. The van der Waals surface area contributed by atoms with Gasteiger partial charge in [-0.05, 0) is 6.42 Å². The van der Waals surface area contributed by atoms with Gasteiger partial charge in [-0.1, -0.05) is 13.3 Å². The fourth-order valence-electron chi connectivity index (χ4n) is 0.671. The van der Waals surface area contributed by atoms with Crippen LogP contribution >= 0.6 is 0 Å². The Labute approximate surface area is 55.7 Å². The smallest absolute Gasteiger partial charge is 0.0666 e. The van der Waals surface area contributed by atoms with Crippen molar-refractivity contribution in [2.45, 2.75) is 26.2 Å². The predicted octanol–water partition coefficient (Wildman–Crippen LogP) is 1.84. The molecule has 2 heteroatoms. The molecule has 0 fully saturated rings. The first kappa shape index (κ1) is 7.98. The number of rotatable bonds is 3. The summed E-state index contributed by atoms with van der Waals surface area (Å²) >= 11 is 0. The van der Waals surface area contributed by atoms with Crippen LogP contribution in [0.2, 0.25) is 0 Å². The van der Waals surface area contributed by atoms with Crippen LogP contribution in [0.25, 0.3) is 0 Å². The standard InChI is InChI=1S/C7H10N2/c1-2-3-7(6-9)4-5-8/h7H,2-4H2,1H3/t7-/m1/s1. The normalized spacial score (nSPS) is 11.4. The molecule has 0 bridgehead atoms. The average Bonchev–Trinajstić information content (AvgIpc) is 1.88. The van der Waals surface area contributed by atoms with Crippen molar-refractivity contribution >= 4 is 0 Å². The number of nitriles is 2. The molecule has 9 heavy (non-hydrogen) atoms. The van der Waals surface area contributed by atoms with Crippen LogP contribution in [0.15, 0.2) is 0 Å². The van der Waals surface area contributed by atoms with E-state index in [0.717, 1.165) is 12.8 Å². The Kier molecular flexibility index (Phi) is 4.54. The summed E-state index contributed by atoms with van der Waals surface area (Å²) < 4.78 is 0. The fraction of sp³-hybridized carbons (Fsp3) is 0.714. The minimum absolute atomic E-state index is 0.0417. The molecule has 0 aromatic rings. The van der Waals surface area contributed by atoms with E-state index in [4.69, 9.17) is 10.5 Å².